The van der Waals surface area contributed by atoms with Gasteiger partial charge in [0.25, 0.3) is 0 Å². The number of nitrogens with zero attached hydrogens (tertiary/aromatic N) is 2. The highest BCUT2D eigenvalue weighted by molar-refractivity contribution is 5.74. The zero-order valence-electron chi connectivity index (χ0n) is 3.50. The lowest BCUT2D eigenvalue weighted by Crippen LogP contribution is -2.19. The van der Waals surface area contributed by atoms with Crippen molar-refractivity contribution in [2.45, 2.75) is 0 Å². The minimum atomic E-state index is -0.116. The molecule has 7 heavy (non-hydrogen) atoms. The molecule has 0 bridgehead atoms. The van der Waals surface area contributed by atoms with Crippen molar-refractivity contribution in [2.75, 3.05) is 0 Å². The second-order valence-corrected chi connectivity index (χ2v) is 0.991. The van der Waals surface area contributed by atoms with Crippen LogP contribution in [0.25, 0.3) is 0 Å². The third-order valence-electron chi connectivity index (χ3n) is 0.515. The Morgan fingerprint density at radius 3 is 2.86 bits per heavy atom. The van der Waals surface area contributed by atoms with Crippen molar-refractivity contribution in [3.63, 3.8) is 0 Å². The summed E-state index contributed by atoms with van der Waals surface area (Å²) in [6.07, 6.45) is 2.49. The topological polar surface area (TPSA) is 57.0 Å². The van der Waals surface area contributed by atoms with Crippen LogP contribution in [0.3, 0.4) is 0 Å². The Balaban J connectivity index is 2.49. The second-order valence-electron chi connectivity index (χ2n) is 0.991. The second kappa shape index (κ2) is 1.70. The molecule has 0 unspecified atom stereocenters. The molecule has 2 N–H and O–H groups in total. The number of aliphatic imine (C=N–C) groups is 2. The van der Waals surface area contributed by atoms with Crippen LogP contribution in [0.5, 0.6) is 0 Å². The summed E-state index contributed by atoms with van der Waals surface area (Å²) in [5, 5.41) is 10.8. The molecule has 1 radical (unpaired) electrons. The number of hydrogen-bond donors (Lipinski definition) is 2. The van der Waals surface area contributed by atoms with E-state index in [2.05, 4.69) is 15.3 Å². The molecule has 1 rings (SSSR count). The van der Waals surface area contributed by atoms with E-state index in [-0.39, 0.29) is 6.35 Å². The van der Waals surface area contributed by atoms with Crippen molar-refractivity contribution in [3.05, 3.63) is 6.35 Å². The van der Waals surface area contributed by atoms with Crippen molar-refractivity contribution >= 4 is 12.7 Å². The fourth-order valence-electron chi connectivity index (χ4n) is 0.254. The Labute approximate surface area is 40.6 Å². The monoisotopic (exact) mass is 98.0 g/mol. The molecule has 0 atom stereocenters. The number of hydrogen-bond acceptors (Lipinski definition) is 4. The van der Waals surface area contributed by atoms with Crippen molar-refractivity contribution in [1.82, 2.24) is 5.32 Å². The lowest BCUT2D eigenvalue weighted by molar-refractivity contribution is 0.286. The van der Waals surface area contributed by atoms with Gasteiger partial charge in [0.2, 0.25) is 0 Å². The van der Waals surface area contributed by atoms with E-state index in [0.717, 1.165) is 0 Å². The first-order valence-corrected chi connectivity index (χ1v) is 1.76. The summed E-state index contributed by atoms with van der Waals surface area (Å²) in [6, 6.07) is 0. The summed E-state index contributed by atoms with van der Waals surface area (Å²) in [4.78, 5) is 6.89. The maximum atomic E-state index is 8.43. The van der Waals surface area contributed by atoms with Crippen LogP contribution < -0.4 is 5.32 Å². The van der Waals surface area contributed by atoms with Gasteiger partial charge in [-0.2, -0.15) is 0 Å². The molecule has 4 heteroatoms. The molecule has 0 saturated carbocycles. The summed E-state index contributed by atoms with van der Waals surface area (Å²) in [7, 11) is 0. The Bertz CT molecular complexity index is 109. The maximum Gasteiger partial charge on any atom is 0.309 e. The van der Waals surface area contributed by atoms with E-state index < -0.39 is 0 Å². The average Bonchev–Trinajstić information content (AvgIpc) is 1.69. The Hall–Kier alpha value is -0.900. The Morgan fingerprint density at radius 1 is 1.71 bits per heavy atom. The number of nitrogens with one attached hydrogen (secondary N) is 1. The minimum Gasteiger partial charge on any atom is -0.347 e. The highest BCUT2D eigenvalue weighted by Crippen LogP contribution is 1.87. The molecular weight excluding hydrogens is 94.1 g/mol. The van der Waals surface area contributed by atoms with E-state index in [4.69, 9.17) is 5.11 Å². The van der Waals surface area contributed by atoms with E-state index in [9.17, 15) is 0 Å². The molecule has 1 aliphatic heterocycles. The third kappa shape index (κ3) is 0.972. The van der Waals surface area contributed by atoms with Gasteiger partial charge in [-0.05, 0) is 0 Å². The van der Waals surface area contributed by atoms with Gasteiger partial charge in [-0.25, -0.2) is 9.98 Å². The summed E-state index contributed by atoms with van der Waals surface area (Å²) in [5.74, 6) is 0. The molecule has 0 aromatic carbocycles. The highest BCUT2D eigenvalue weighted by atomic mass is 16.3. The van der Waals surface area contributed by atoms with Gasteiger partial charge in [-0.1, -0.05) is 0 Å². The predicted molar refractivity (Wildman–Crippen MR) is 25.3 cm³/mol. The van der Waals surface area contributed by atoms with Gasteiger partial charge in [0, 0.05) is 0 Å². The van der Waals surface area contributed by atoms with Gasteiger partial charge >= 0.3 is 6.35 Å². The van der Waals surface area contributed by atoms with E-state index in [1.807, 2.05) is 0 Å². The zero-order valence-corrected chi connectivity index (χ0v) is 3.50. The Kier molecular flexibility index (Phi) is 1.04. The molecule has 1 aliphatic rings. The minimum absolute atomic E-state index is 0.116. The fourth-order valence-corrected chi connectivity index (χ4v) is 0.254. The van der Waals surface area contributed by atoms with Crippen molar-refractivity contribution < 1.29 is 5.11 Å². The van der Waals surface area contributed by atoms with Crippen LogP contribution in [0.15, 0.2) is 9.98 Å². The van der Waals surface area contributed by atoms with Gasteiger partial charge in [0.1, 0.15) is 6.34 Å². The first kappa shape index (κ1) is 4.26. The lowest BCUT2D eigenvalue weighted by atomic mass is 10.9. The fraction of sp³-hybridized carbons (Fsp3) is 0. The van der Waals surface area contributed by atoms with Crippen LogP contribution in [0.2, 0.25) is 0 Å². The van der Waals surface area contributed by atoms with Crippen LogP contribution in [0, 0.1) is 6.35 Å². The van der Waals surface area contributed by atoms with Crippen LogP contribution in [-0.2, 0) is 0 Å². The van der Waals surface area contributed by atoms with Crippen molar-refractivity contribution in [1.29, 1.82) is 0 Å². The normalized spacial score (nSPS) is 19.6. The summed E-state index contributed by atoms with van der Waals surface area (Å²) in [6.45, 7) is 0. The first-order chi connectivity index (χ1) is 3.39. The lowest BCUT2D eigenvalue weighted by Gasteiger charge is -2.01. The molecule has 0 fully saturated rings. The van der Waals surface area contributed by atoms with E-state index in [1.165, 1.54) is 12.7 Å². The standard InChI is InChI=1S/C3H4N3O/c7-3-5-1-4-2-6-3/h1-2,7H,(H,4,5,6). The number of aliphatic hydroxyl groups excluding tert-OH is 1. The SMILES string of the molecule is O[C]1N=CN=CN1. The molecular formula is C3H4N3O. The summed E-state index contributed by atoms with van der Waals surface area (Å²) < 4.78 is 0. The first-order valence-electron chi connectivity index (χ1n) is 1.76. The molecule has 0 spiro atoms. The molecule has 0 amide bonds. The van der Waals surface area contributed by atoms with Gasteiger partial charge in [-0.3, -0.25) is 0 Å². The number of rotatable bonds is 0. The average molecular weight is 98.1 g/mol. The Morgan fingerprint density at radius 2 is 2.57 bits per heavy atom. The van der Waals surface area contributed by atoms with Crippen LogP contribution in [-0.4, -0.2) is 17.8 Å². The van der Waals surface area contributed by atoms with Crippen molar-refractivity contribution in [2.24, 2.45) is 9.98 Å². The highest BCUT2D eigenvalue weighted by Gasteiger charge is 1.97. The van der Waals surface area contributed by atoms with Gasteiger partial charge in [0.05, 0.1) is 6.34 Å². The quantitative estimate of drug-likeness (QED) is 0.427. The van der Waals surface area contributed by atoms with Crippen LogP contribution in [0.1, 0.15) is 0 Å². The molecule has 4 nitrogen and oxygen atoms in total. The van der Waals surface area contributed by atoms with Crippen LogP contribution in [0.4, 0.5) is 0 Å². The van der Waals surface area contributed by atoms with E-state index in [1.54, 1.807) is 0 Å². The third-order valence-corrected chi connectivity index (χ3v) is 0.515. The van der Waals surface area contributed by atoms with E-state index in [0.29, 0.717) is 0 Å². The molecule has 0 aliphatic carbocycles. The molecule has 37 valence electrons. The molecule has 1 heterocycles. The number of aliphatic hydroxyl groups is 1. The van der Waals surface area contributed by atoms with Gasteiger partial charge < -0.3 is 10.4 Å². The predicted octanol–water partition coefficient (Wildman–Crippen LogP) is -0.534. The summed E-state index contributed by atoms with van der Waals surface area (Å²) in [5.41, 5.74) is 0. The zero-order chi connectivity index (χ0) is 5.11. The van der Waals surface area contributed by atoms with Gasteiger partial charge in [-0.15, -0.1) is 0 Å². The maximum absolute atomic E-state index is 8.43. The smallest absolute Gasteiger partial charge is 0.309 e. The molecule has 0 aromatic heterocycles. The van der Waals surface area contributed by atoms with Crippen LogP contribution >= 0.6 is 0 Å². The molecule has 0 saturated heterocycles. The van der Waals surface area contributed by atoms with Crippen molar-refractivity contribution in [3.8, 4) is 0 Å². The van der Waals surface area contributed by atoms with Gasteiger partial charge in [0.15, 0.2) is 0 Å². The molecule has 0 aromatic rings. The van der Waals surface area contributed by atoms with E-state index >= 15 is 0 Å². The largest absolute Gasteiger partial charge is 0.347 e. The summed E-state index contributed by atoms with van der Waals surface area (Å²) >= 11 is 0.